The van der Waals surface area contributed by atoms with Crippen LogP contribution in [-0.2, 0) is 0 Å². The molecule has 0 fully saturated rings. The Morgan fingerprint density at radius 1 is 1.20 bits per heavy atom. The number of hydrogen-bond acceptors (Lipinski definition) is 3. The minimum Gasteiger partial charge on any atom is -0.496 e. The number of methoxy groups -OCH3 is 1. The number of carbonyl (C=O) groups excluding carboxylic acids is 2. The number of hydrogen-bond donors (Lipinski definition) is 1. The fourth-order valence-corrected chi connectivity index (χ4v) is 1.87. The van der Waals surface area contributed by atoms with Crippen molar-refractivity contribution in [2.24, 2.45) is 0 Å². The number of halogens is 1. The molecule has 0 bridgehead atoms. The third kappa shape index (κ3) is 3.16. The summed E-state index contributed by atoms with van der Waals surface area (Å²) in [4.78, 5) is 22.7. The summed E-state index contributed by atoms with van der Waals surface area (Å²) in [7, 11) is 1.49. The van der Waals surface area contributed by atoms with E-state index >= 15 is 0 Å². The number of nitrogens with one attached hydrogen (secondary N) is 1. The van der Waals surface area contributed by atoms with Crippen molar-refractivity contribution in [1.29, 1.82) is 0 Å². The Balaban J connectivity index is 2.22. The van der Waals surface area contributed by atoms with E-state index in [9.17, 15) is 9.59 Å². The third-order valence-electron chi connectivity index (χ3n) is 2.71. The number of benzene rings is 2. The van der Waals surface area contributed by atoms with Crippen molar-refractivity contribution in [3.8, 4) is 5.75 Å². The van der Waals surface area contributed by atoms with Crippen molar-refractivity contribution in [2.75, 3.05) is 12.4 Å². The van der Waals surface area contributed by atoms with Gasteiger partial charge in [0.25, 0.3) is 5.91 Å². The van der Waals surface area contributed by atoms with Gasteiger partial charge in [-0.2, -0.15) is 0 Å². The van der Waals surface area contributed by atoms with Gasteiger partial charge in [-0.15, -0.1) is 0 Å². The molecule has 0 atom stereocenters. The zero-order valence-electron chi connectivity index (χ0n) is 10.7. The van der Waals surface area contributed by atoms with Gasteiger partial charge in [-0.3, -0.25) is 9.59 Å². The molecule has 2 aromatic carbocycles. The van der Waals surface area contributed by atoms with Gasteiger partial charge >= 0.3 is 0 Å². The molecule has 0 aliphatic carbocycles. The van der Waals surface area contributed by atoms with Crippen LogP contribution >= 0.6 is 11.6 Å². The molecule has 0 unspecified atom stereocenters. The molecule has 0 spiro atoms. The molecular formula is C15H12ClNO3. The van der Waals surface area contributed by atoms with Gasteiger partial charge < -0.3 is 10.1 Å². The average molecular weight is 290 g/mol. The molecule has 0 saturated carbocycles. The first-order chi connectivity index (χ1) is 9.63. The molecule has 4 nitrogen and oxygen atoms in total. The predicted molar refractivity (Wildman–Crippen MR) is 77.8 cm³/mol. The average Bonchev–Trinajstić information content (AvgIpc) is 2.48. The number of ether oxygens (including phenoxy) is 1. The molecule has 1 N–H and O–H groups in total. The normalized spacial score (nSPS) is 9.90. The Morgan fingerprint density at radius 3 is 2.50 bits per heavy atom. The molecule has 20 heavy (non-hydrogen) atoms. The second-order valence-corrected chi connectivity index (χ2v) is 4.48. The lowest BCUT2D eigenvalue weighted by Crippen LogP contribution is -2.13. The molecule has 102 valence electrons. The van der Waals surface area contributed by atoms with E-state index in [1.54, 1.807) is 36.4 Å². The molecule has 2 aromatic rings. The SMILES string of the molecule is COc1ccc(Cl)cc1C(=O)Nc1ccc(C=O)cc1. The highest BCUT2D eigenvalue weighted by Crippen LogP contribution is 2.23. The number of rotatable bonds is 4. The number of aldehydes is 1. The van der Waals surface area contributed by atoms with Crippen molar-refractivity contribution in [3.05, 3.63) is 58.6 Å². The largest absolute Gasteiger partial charge is 0.496 e. The van der Waals surface area contributed by atoms with Gasteiger partial charge in [-0.05, 0) is 42.5 Å². The van der Waals surface area contributed by atoms with Crippen LogP contribution in [0.2, 0.25) is 5.02 Å². The second-order valence-electron chi connectivity index (χ2n) is 4.04. The number of amides is 1. The van der Waals surface area contributed by atoms with Gasteiger partial charge in [0.2, 0.25) is 0 Å². The Labute approximate surface area is 121 Å². The quantitative estimate of drug-likeness (QED) is 0.878. The van der Waals surface area contributed by atoms with E-state index in [1.165, 1.54) is 13.2 Å². The molecule has 0 saturated heterocycles. The third-order valence-corrected chi connectivity index (χ3v) is 2.95. The summed E-state index contributed by atoms with van der Waals surface area (Å²) >= 11 is 5.89. The maximum absolute atomic E-state index is 12.2. The fourth-order valence-electron chi connectivity index (χ4n) is 1.70. The van der Waals surface area contributed by atoms with E-state index in [0.29, 0.717) is 27.6 Å². The van der Waals surface area contributed by atoms with E-state index in [2.05, 4.69) is 5.32 Å². The van der Waals surface area contributed by atoms with Gasteiger partial charge in [0.15, 0.2) is 0 Å². The molecule has 0 aliphatic heterocycles. The first kappa shape index (κ1) is 14.1. The second kappa shape index (κ2) is 6.21. The Bertz CT molecular complexity index is 638. The number of carbonyl (C=O) groups is 2. The minimum atomic E-state index is -0.330. The van der Waals surface area contributed by atoms with Gasteiger partial charge in [0.05, 0.1) is 12.7 Å². The van der Waals surface area contributed by atoms with Gasteiger partial charge in [-0.1, -0.05) is 11.6 Å². The molecule has 0 radical (unpaired) electrons. The summed E-state index contributed by atoms with van der Waals surface area (Å²) in [5, 5.41) is 3.17. The van der Waals surface area contributed by atoms with Crippen LogP contribution in [0.1, 0.15) is 20.7 Å². The van der Waals surface area contributed by atoms with Crippen LogP contribution in [0.25, 0.3) is 0 Å². The highest BCUT2D eigenvalue weighted by molar-refractivity contribution is 6.31. The van der Waals surface area contributed by atoms with Crippen molar-refractivity contribution in [1.82, 2.24) is 0 Å². The van der Waals surface area contributed by atoms with Gasteiger partial charge in [-0.25, -0.2) is 0 Å². The predicted octanol–water partition coefficient (Wildman–Crippen LogP) is 3.41. The Morgan fingerprint density at radius 2 is 1.90 bits per heavy atom. The first-order valence-electron chi connectivity index (χ1n) is 5.84. The van der Waals surface area contributed by atoms with E-state index < -0.39 is 0 Å². The molecule has 1 amide bonds. The monoisotopic (exact) mass is 289 g/mol. The van der Waals surface area contributed by atoms with Crippen LogP contribution in [0.5, 0.6) is 5.75 Å². The maximum Gasteiger partial charge on any atom is 0.259 e. The van der Waals surface area contributed by atoms with Gasteiger partial charge in [0, 0.05) is 16.3 Å². The smallest absolute Gasteiger partial charge is 0.259 e. The van der Waals surface area contributed by atoms with E-state index in [0.717, 1.165) is 6.29 Å². The van der Waals surface area contributed by atoms with Crippen LogP contribution in [0.4, 0.5) is 5.69 Å². The van der Waals surface area contributed by atoms with Crippen molar-refractivity contribution in [2.45, 2.75) is 0 Å². The highest BCUT2D eigenvalue weighted by atomic mass is 35.5. The molecule has 0 aromatic heterocycles. The van der Waals surface area contributed by atoms with Crippen molar-refractivity contribution >= 4 is 29.5 Å². The number of anilines is 1. The van der Waals surface area contributed by atoms with E-state index in [1.807, 2.05) is 0 Å². The van der Waals surface area contributed by atoms with Crippen molar-refractivity contribution < 1.29 is 14.3 Å². The first-order valence-corrected chi connectivity index (χ1v) is 6.22. The zero-order chi connectivity index (χ0) is 14.5. The topological polar surface area (TPSA) is 55.4 Å². The highest BCUT2D eigenvalue weighted by Gasteiger charge is 2.13. The lowest BCUT2D eigenvalue weighted by Gasteiger charge is -2.09. The van der Waals surface area contributed by atoms with Crippen LogP contribution in [0.3, 0.4) is 0 Å². The minimum absolute atomic E-state index is 0.330. The lowest BCUT2D eigenvalue weighted by molar-refractivity contribution is 0.102. The Hall–Kier alpha value is -2.33. The van der Waals surface area contributed by atoms with E-state index in [4.69, 9.17) is 16.3 Å². The summed E-state index contributed by atoms with van der Waals surface area (Å²) in [5.41, 5.74) is 1.48. The van der Waals surface area contributed by atoms with Crippen LogP contribution in [0.15, 0.2) is 42.5 Å². The van der Waals surface area contributed by atoms with Crippen LogP contribution in [0, 0.1) is 0 Å². The summed E-state index contributed by atoms with van der Waals surface area (Å²) in [6.45, 7) is 0. The molecule has 0 heterocycles. The van der Waals surface area contributed by atoms with Crippen LogP contribution in [-0.4, -0.2) is 19.3 Å². The maximum atomic E-state index is 12.2. The standard InChI is InChI=1S/C15H12ClNO3/c1-20-14-7-4-11(16)8-13(14)15(19)17-12-5-2-10(9-18)3-6-12/h2-9H,1H3,(H,17,19). The lowest BCUT2D eigenvalue weighted by atomic mass is 10.1. The van der Waals surface area contributed by atoms with Gasteiger partial charge in [0.1, 0.15) is 12.0 Å². The van der Waals surface area contributed by atoms with E-state index in [-0.39, 0.29) is 5.91 Å². The van der Waals surface area contributed by atoms with Crippen LogP contribution < -0.4 is 10.1 Å². The fraction of sp³-hybridized carbons (Fsp3) is 0.0667. The summed E-state index contributed by atoms with van der Waals surface area (Å²) in [6.07, 6.45) is 0.742. The Kier molecular flexibility index (Phi) is 4.38. The molecular weight excluding hydrogens is 278 g/mol. The molecule has 2 rings (SSSR count). The summed E-state index contributed by atoms with van der Waals surface area (Å²) in [5.74, 6) is 0.111. The molecule has 0 aliphatic rings. The molecule has 5 heteroatoms. The summed E-state index contributed by atoms with van der Waals surface area (Å²) < 4.78 is 5.13. The zero-order valence-corrected chi connectivity index (χ0v) is 11.5. The van der Waals surface area contributed by atoms with Crippen molar-refractivity contribution in [3.63, 3.8) is 0 Å². The summed E-state index contributed by atoms with van der Waals surface area (Å²) in [6, 6.07) is 11.4.